The Hall–Kier alpha value is -1.12. The molecule has 66 valence electrons. The summed E-state index contributed by atoms with van der Waals surface area (Å²) in [6.45, 7) is -0.708. The number of methoxy groups -OCH3 is 1. The van der Waals surface area contributed by atoms with Gasteiger partial charge in [-0.05, 0) is 6.42 Å². The number of carbonyl (C=O) groups excluding carboxylic acids is 1. The van der Waals surface area contributed by atoms with Crippen molar-refractivity contribution >= 4 is 5.97 Å². The Balaban J connectivity index is 2.83. The van der Waals surface area contributed by atoms with E-state index in [9.17, 15) is 9.18 Å². The summed E-state index contributed by atoms with van der Waals surface area (Å²) in [6.07, 6.45) is 7.15. The lowest BCUT2D eigenvalue weighted by molar-refractivity contribution is -0.150. The molecular weight excluding hydrogens is 159 g/mol. The molecule has 0 saturated carbocycles. The average Bonchev–Trinajstić information content (AvgIpc) is 2.17. The lowest BCUT2D eigenvalue weighted by Crippen LogP contribution is -2.32. The van der Waals surface area contributed by atoms with Crippen LogP contribution in [0, 0.1) is 5.41 Å². The lowest BCUT2D eigenvalue weighted by atomic mass is 9.83. The molecule has 0 bridgehead atoms. The standard InChI is InChI=1S/C9H11FO2/c1-12-8(11)9(7-10)5-3-2-4-6-9/h2-5H,6-7H2,1H3. The third kappa shape index (κ3) is 1.40. The number of allylic oxidation sites excluding steroid dienone is 3. The van der Waals surface area contributed by atoms with E-state index in [4.69, 9.17) is 0 Å². The Bertz CT molecular complexity index is 233. The second-order valence-corrected chi connectivity index (χ2v) is 2.77. The van der Waals surface area contributed by atoms with E-state index in [2.05, 4.69) is 4.74 Å². The van der Waals surface area contributed by atoms with Crippen LogP contribution in [0.5, 0.6) is 0 Å². The number of halogens is 1. The van der Waals surface area contributed by atoms with Gasteiger partial charge in [0.15, 0.2) is 0 Å². The third-order valence-corrected chi connectivity index (χ3v) is 1.97. The molecule has 2 nitrogen and oxygen atoms in total. The van der Waals surface area contributed by atoms with Gasteiger partial charge in [-0.15, -0.1) is 0 Å². The first-order valence-electron chi connectivity index (χ1n) is 3.74. The summed E-state index contributed by atoms with van der Waals surface area (Å²) in [5, 5.41) is 0. The molecule has 0 aliphatic heterocycles. The number of rotatable bonds is 2. The van der Waals surface area contributed by atoms with Crippen molar-refractivity contribution in [2.75, 3.05) is 13.8 Å². The molecule has 1 atom stereocenters. The fourth-order valence-electron chi connectivity index (χ4n) is 1.17. The Labute approximate surface area is 70.7 Å². The predicted molar refractivity (Wildman–Crippen MR) is 43.3 cm³/mol. The molecular formula is C9H11FO2. The number of ether oxygens (including phenoxy) is 1. The molecule has 0 aromatic rings. The van der Waals surface area contributed by atoms with Crippen LogP contribution in [0.15, 0.2) is 24.3 Å². The minimum absolute atomic E-state index is 0.382. The largest absolute Gasteiger partial charge is 0.468 e. The van der Waals surface area contributed by atoms with Crippen molar-refractivity contribution in [3.8, 4) is 0 Å². The number of alkyl halides is 1. The monoisotopic (exact) mass is 170 g/mol. The van der Waals surface area contributed by atoms with E-state index in [1.807, 2.05) is 0 Å². The average molecular weight is 170 g/mol. The van der Waals surface area contributed by atoms with Gasteiger partial charge in [-0.1, -0.05) is 24.3 Å². The highest BCUT2D eigenvalue weighted by Gasteiger charge is 2.36. The van der Waals surface area contributed by atoms with Crippen LogP contribution < -0.4 is 0 Å². The highest BCUT2D eigenvalue weighted by Crippen LogP contribution is 2.29. The van der Waals surface area contributed by atoms with Crippen LogP contribution in [0.1, 0.15) is 6.42 Å². The number of hydrogen-bond donors (Lipinski definition) is 0. The molecule has 12 heavy (non-hydrogen) atoms. The molecule has 0 fully saturated rings. The zero-order valence-corrected chi connectivity index (χ0v) is 6.92. The molecule has 0 N–H and O–H groups in total. The zero-order chi connectivity index (χ0) is 9.03. The topological polar surface area (TPSA) is 26.3 Å². The van der Waals surface area contributed by atoms with Gasteiger partial charge in [0.2, 0.25) is 0 Å². The summed E-state index contributed by atoms with van der Waals surface area (Å²) in [4.78, 5) is 11.2. The highest BCUT2D eigenvalue weighted by atomic mass is 19.1. The van der Waals surface area contributed by atoms with Crippen molar-refractivity contribution in [3.63, 3.8) is 0 Å². The Kier molecular flexibility index (Phi) is 2.63. The Morgan fingerprint density at radius 2 is 2.42 bits per heavy atom. The van der Waals surface area contributed by atoms with Crippen molar-refractivity contribution in [2.45, 2.75) is 6.42 Å². The zero-order valence-electron chi connectivity index (χ0n) is 6.92. The van der Waals surface area contributed by atoms with Crippen LogP contribution in [0.3, 0.4) is 0 Å². The van der Waals surface area contributed by atoms with E-state index in [0.29, 0.717) is 6.42 Å². The fourth-order valence-corrected chi connectivity index (χ4v) is 1.17. The van der Waals surface area contributed by atoms with E-state index in [1.165, 1.54) is 7.11 Å². The van der Waals surface area contributed by atoms with E-state index >= 15 is 0 Å². The van der Waals surface area contributed by atoms with Crippen molar-refractivity contribution in [1.82, 2.24) is 0 Å². The van der Waals surface area contributed by atoms with Crippen molar-refractivity contribution in [2.24, 2.45) is 5.41 Å². The number of esters is 1. The van der Waals surface area contributed by atoms with Crippen LogP contribution >= 0.6 is 0 Å². The van der Waals surface area contributed by atoms with E-state index < -0.39 is 18.1 Å². The second-order valence-electron chi connectivity index (χ2n) is 2.77. The molecule has 1 aliphatic carbocycles. The van der Waals surface area contributed by atoms with Crippen LogP contribution in [0.4, 0.5) is 4.39 Å². The summed E-state index contributed by atoms with van der Waals surface area (Å²) in [5.74, 6) is -0.509. The molecule has 0 aromatic carbocycles. The molecule has 1 rings (SSSR count). The first-order chi connectivity index (χ1) is 5.75. The fraction of sp³-hybridized carbons (Fsp3) is 0.444. The Morgan fingerprint density at radius 1 is 1.67 bits per heavy atom. The summed E-state index contributed by atoms with van der Waals surface area (Å²) >= 11 is 0. The first-order valence-corrected chi connectivity index (χ1v) is 3.74. The maximum Gasteiger partial charge on any atom is 0.318 e. The molecule has 0 spiro atoms. The number of hydrogen-bond acceptors (Lipinski definition) is 2. The van der Waals surface area contributed by atoms with Gasteiger partial charge in [-0.3, -0.25) is 4.79 Å². The third-order valence-electron chi connectivity index (χ3n) is 1.97. The molecule has 0 radical (unpaired) electrons. The van der Waals surface area contributed by atoms with Gasteiger partial charge >= 0.3 is 5.97 Å². The molecule has 3 heteroatoms. The smallest absolute Gasteiger partial charge is 0.318 e. The highest BCUT2D eigenvalue weighted by molar-refractivity contribution is 5.80. The van der Waals surface area contributed by atoms with Crippen molar-refractivity contribution in [1.29, 1.82) is 0 Å². The molecule has 0 saturated heterocycles. The van der Waals surface area contributed by atoms with Crippen LogP contribution in [-0.4, -0.2) is 19.8 Å². The molecule has 1 aliphatic rings. The van der Waals surface area contributed by atoms with Gasteiger partial charge in [0.1, 0.15) is 12.1 Å². The second kappa shape index (κ2) is 3.52. The van der Waals surface area contributed by atoms with Crippen LogP contribution in [0.2, 0.25) is 0 Å². The van der Waals surface area contributed by atoms with Gasteiger partial charge < -0.3 is 4.74 Å². The van der Waals surface area contributed by atoms with Gasteiger partial charge in [0.25, 0.3) is 0 Å². The summed E-state index contributed by atoms with van der Waals surface area (Å²) in [6, 6.07) is 0. The van der Waals surface area contributed by atoms with Gasteiger partial charge in [0, 0.05) is 0 Å². The molecule has 0 aromatic heterocycles. The number of carbonyl (C=O) groups is 1. The first kappa shape index (κ1) is 8.97. The molecule has 0 amide bonds. The van der Waals surface area contributed by atoms with Crippen LogP contribution in [-0.2, 0) is 9.53 Å². The SMILES string of the molecule is COC(=O)C1(CF)C=CC=CC1. The normalized spacial score (nSPS) is 27.2. The maximum atomic E-state index is 12.6. The van der Waals surface area contributed by atoms with E-state index in [1.54, 1.807) is 24.3 Å². The van der Waals surface area contributed by atoms with E-state index in [-0.39, 0.29) is 0 Å². The predicted octanol–water partition coefficient (Wildman–Crippen LogP) is 1.63. The van der Waals surface area contributed by atoms with Crippen molar-refractivity contribution in [3.05, 3.63) is 24.3 Å². The lowest BCUT2D eigenvalue weighted by Gasteiger charge is -2.24. The molecule has 1 unspecified atom stereocenters. The quantitative estimate of drug-likeness (QED) is 0.589. The molecule has 0 heterocycles. The summed E-state index contributed by atoms with van der Waals surface area (Å²) in [5.41, 5.74) is -1.07. The van der Waals surface area contributed by atoms with Crippen molar-refractivity contribution < 1.29 is 13.9 Å². The van der Waals surface area contributed by atoms with E-state index in [0.717, 1.165) is 0 Å². The van der Waals surface area contributed by atoms with Gasteiger partial charge in [-0.2, -0.15) is 0 Å². The van der Waals surface area contributed by atoms with Crippen LogP contribution in [0.25, 0.3) is 0 Å². The van der Waals surface area contributed by atoms with Gasteiger partial charge in [0.05, 0.1) is 7.11 Å². The minimum Gasteiger partial charge on any atom is -0.468 e. The summed E-state index contributed by atoms with van der Waals surface area (Å²) < 4.78 is 17.1. The summed E-state index contributed by atoms with van der Waals surface area (Å²) in [7, 11) is 1.27. The Morgan fingerprint density at radius 3 is 2.83 bits per heavy atom. The minimum atomic E-state index is -1.07. The maximum absolute atomic E-state index is 12.6. The van der Waals surface area contributed by atoms with Gasteiger partial charge in [-0.25, -0.2) is 4.39 Å².